The van der Waals surface area contributed by atoms with Gasteiger partial charge in [0.15, 0.2) is 0 Å². The molecular weight excluding hydrogens is 262 g/mol. The second kappa shape index (κ2) is 7.07. The highest BCUT2D eigenvalue weighted by atomic mass is 16.5. The van der Waals surface area contributed by atoms with Gasteiger partial charge < -0.3 is 10.1 Å². The fraction of sp³-hybridized carbons (Fsp3) is 0.412. The third kappa shape index (κ3) is 4.45. The Morgan fingerprint density at radius 2 is 1.86 bits per heavy atom. The fourth-order valence-corrected chi connectivity index (χ4v) is 1.82. The van der Waals surface area contributed by atoms with Gasteiger partial charge in [0, 0.05) is 18.5 Å². The van der Waals surface area contributed by atoms with Crippen molar-refractivity contribution >= 4 is 5.82 Å². The smallest absolute Gasteiger partial charge is 0.224 e. The summed E-state index contributed by atoms with van der Waals surface area (Å²) in [5, 5.41) is 3.29. The second-order valence-electron chi connectivity index (χ2n) is 5.45. The summed E-state index contributed by atoms with van der Waals surface area (Å²) in [4.78, 5) is 9.01. The zero-order valence-corrected chi connectivity index (χ0v) is 13.2. The number of hydrogen-bond donors (Lipinski definition) is 1. The first-order chi connectivity index (χ1) is 10.1. The minimum Gasteiger partial charge on any atom is -0.439 e. The predicted octanol–water partition coefficient (Wildman–Crippen LogP) is 4.52. The highest BCUT2D eigenvalue weighted by Gasteiger charge is 2.09. The summed E-state index contributed by atoms with van der Waals surface area (Å²) >= 11 is 0. The normalized spacial score (nSPS) is 10.7. The molecule has 112 valence electrons. The summed E-state index contributed by atoms with van der Waals surface area (Å²) in [7, 11) is 0. The summed E-state index contributed by atoms with van der Waals surface area (Å²) < 4.78 is 5.85. The first-order valence-corrected chi connectivity index (χ1v) is 7.46. The number of nitrogens with zero attached hydrogens (tertiary/aromatic N) is 2. The number of ether oxygens (including phenoxy) is 1. The Kier molecular flexibility index (Phi) is 5.14. The van der Waals surface area contributed by atoms with E-state index < -0.39 is 0 Å². The molecule has 4 heteroatoms. The molecule has 0 unspecified atom stereocenters. The third-order valence-electron chi connectivity index (χ3n) is 3.04. The van der Waals surface area contributed by atoms with Crippen molar-refractivity contribution in [1.29, 1.82) is 0 Å². The molecule has 0 bridgehead atoms. The summed E-state index contributed by atoms with van der Waals surface area (Å²) in [6.45, 7) is 9.22. The lowest BCUT2D eigenvalue weighted by atomic mass is 10.2. The van der Waals surface area contributed by atoms with Crippen LogP contribution in [-0.4, -0.2) is 16.5 Å². The van der Waals surface area contributed by atoms with Crippen LogP contribution in [0.4, 0.5) is 5.82 Å². The minimum atomic E-state index is 0.258. The van der Waals surface area contributed by atoms with Crippen molar-refractivity contribution in [3.8, 4) is 11.6 Å². The summed E-state index contributed by atoms with van der Waals surface area (Å²) in [6, 6.07) is 9.80. The lowest BCUT2D eigenvalue weighted by molar-refractivity contribution is 0.457. The molecule has 0 saturated carbocycles. The molecule has 1 aromatic carbocycles. The molecule has 0 saturated heterocycles. The van der Waals surface area contributed by atoms with E-state index in [0.29, 0.717) is 5.88 Å². The van der Waals surface area contributed by atoms with Gasteiger partial charge in [-0.2, -0.15) is 4.98 Å². The molecular formula is C17H23N3O. The molecule has 1 aromatic heterocycles. The summed E-state index contributed by atoms with van der Waals surface area (Å²) in [5.74, 6) is 3.23. The third-order valence-corrected chi connectivity index (χ3v) is 3.04. The van der Waals surface area contributed by atoms with E-state index in [9.17, 15) is 0 Å². The number of anilines is 1. The van der Waals surface area contributed by atoms with Crippen LogP contribution in [0, 0.1) is 6.92 Å². The number of rotatable bonds is 6. The lowest BCUT2D eigenvalue weighted by Crippen LogP contribution is -2.07. The van der Waals surface area contributed by atoms with Crippen LogP contribution in [0.1, 0.15) is 44.5 Å². The van der Waals surface area contributed by atoms with Gasteiger partial charge in [0.1, 0.15) is 17.4 Å². The molecule has 0 aliphatic carbocycles. The molecule has 0 spiro atoms. The SMILES string of the molecule is CCCNc1cc(Oc2ccc(C)cc2)nc(C(C)C)n1. The molecule has 0 aliphatic heterocycles. The van der Waals surface area contributed by atoms with Crippen LogP contribution in [0.5, 0.6) is 11.6 Å². The van der Waals surface area contributed by atoms with E-state index in [0.717, 1.165) is 30.4 Å². The molecule has 0 atom stereocenters. The Labute approximate surface area is 126 Å². The Bertz CT molecular complexity index is 579. The molecule has 0 amide bonds. The monoisotopic (exact) mass is 285 g/mol. The molecule has 1 heterocycles. The number of aromatic nitrogens is 2. The molecule has 2 rings (SSSR count). The minimum absolute atomic E-state index is 0.258. The van der Waals surface area contributed by atoms with Crippen molar-refractivity contribution in [1.82, 2.24) is 9.97 Å². The number of aryl methyl sites for hydroxylation is 1. The van der Waals surface area contributed by atoms with Crippen LogP contribution in [-0.2, 0) is 0 Å². The van der Waals surface area contributed by atoms with Gasteiger partial charge in [0.25, 0.3) is 0 Å². The predicted molar refractivity (Wildman–Crippen MR) is 86.2 cm³/mol. The van der Waals surface area contributed by atoms with Crippen molar-refractivity contribution in [2.24, 2.45) is 0 Å². The van der Waals surface area contributed by atoms with Gasteiger partial charge in [0.2, 0.25) is 5.88 Å². The highest BCUT2D eigenvalue weighted by Crippen LogP contribution is 2.24. The highest BCUT2D eigenvalue weighted by molar-refractivity contribution is 5.40. The maximum Gasteiger partial charge on any atom is 0.224 e. The van der Waals surface area contributed by atoms with Gasteiger partial charge >= 0.3 is 0 Å². The zero-order chi connectivity index (χ0) is 15.2. The summed E-state index contributed by atoms with van der Waals surface area (Å²) in [6.07, 6.45) is 1.05. The van der Waals surface area contributed by atoms with Crippen LogP contribution in [0.3, 0.4) is 0 Å². The fourth-order valence-electron chi connectivity index (χ4n) is 1.82. The van der Waals surface area contributed by atoms with Crippen molar-refractivity contribution in [3.05, 3.63) is 41.7 Å². The van der Waals surface area contributed by atoms with Crippen LogP contribution in [0.2, 0.25) is 0 Å². The molecule has 0 fully saturated rings. The first-order valence-electron chi connectivity index (χ1n) is 7.46. The van der Waals surface area contributed by atoms with Crippen molar-refractivity contribution < 1.29 is 4.74 Å². The zero-order valence-electron chi connectivity index (χ0n) is 13.2. The van der Waals surface area contributed by atoms with Crippen molar-refractivity contribution in [3.63, 3.8) is 0 Å². The van der Waals surface area contributed by atoms with Gasteiger partial charge in [-0.25, -0.2) is 4.98 Å². The van der Waals surface area contributed by atoms with Crippen molar-refractivity contribution in [2.75, 3.05) is 11.9 Å². The maximum absolute atomic E-state index is 5.85. The first kappa shape index (κ1) is 15.3. The van der Waals surface area contributed by atoms with Crippen molar-refractivity contribution in [2.45, 2.75) is 40.0 Å². The van der Waals surface area contributed by atoms with Gasteiger partial charge in [0.05, 0.1) is 0 Å². The van der Waals surface area contributed by atoms with E-state index in [1.807, 2.05) is 30.3 Å². The average molecular weight is 285 g/mol. The van der Waals surface area contributed by atoms with E-state index in [1.54, 1.807) is 0 Å². The maximum atomic E-state index is 5.85. The topological polar surface area (TPSA) is 47.0 Å². The van der Waals surface area contributed by atoms with Crippen LogP contribution in [0.25, 0.3) is 0 Å². The molecule has 1 N–H and O–H groups in total. The number of hydrogen-bond acceptors (Lipinski definition) is 4. The Morgan fingerprint density at radius 3 is 2.48 bits per heavy atom. The van der Waals surface area contributed by atoms with Crippen LogP contribution < -0.4 is 10.1 Å². The van der Waals surface area contributed by atoms with E-state index in [1.165, 1.54) is 5.56 Å². The molecule has 0 radical (unpaired) electrons. The molecule has 21 heavy (non-hydrogen) atoms. The van der Waals surface area contributed by atoms with E-state index in [2.05, 4.69) is 43.0 Å². The van der Waals surface area contributed by atoms with E-state index >= 15 is 0 Å². The Hall–Kier alpha value is -2.10. The van der Waals surface area contributed by atoms with E-state index in [-0.39, 0.29) is 5.92 Å². The standard InChI is InChI=1S/C17H23N3O/c1-5-10-18-15-11-16(20-17(19-15)12(2)3)21-14-8-6-13(4)7-9-14/h6-9,11-12H,5,10H2,1-4H3,(H,18,19,20). The Morgan fingerprint density at radius 1 is 1.14 bits per heavy atom. The molecule has 0 aliphatic rings. The summed E-state index contributed by atoms with van der Waals surface area (Å²) in [5.41, 5.74) is 1.21. The lowest BCUT2D eigenvalue weighted by Gasteiger charge is -2.12. The number of benzene rings is 1. The largest absolute Gasteiger partial charge is 0.439 e. The van der Waals surface area contributed by atoms with Crippen LogP contribution >= 0.6 is 0 Å². The molecule has 4 nitrogen and oxygen atoms in total. The number of nitrogens with one attached hydrogen (secondary N) is 1. The van der Waals surface area contributed by atoms with Crippen LogP contribution in [0.15, 0.2) is 30.3 Å². The van der Waals surface area contributed by atoms with Gasteiger partial charge in [-0.1, -0.05) is 38.5 Å². The van der Waals surface area contributed by atoms with Gasteiger partial charge in [-0.15, -0.1) is 0 Å². The Balaban J connectivity index is 2.24. The second-order valence-corrected chi connectivity index (χ2v) is 5.45. The van der Waals surface area contributed by atoms with Gasteiger partial charge in [-0.3, -0.25) is 0 Å². The van der Waals surface area contributed by atoms with Gasteiger partial charge in [-0.05, 0) is 25.5 Å². The van der Waals surface area contributed by atoms with E-state index in [4.69, 9.17) is 4.74 Å². The quantitative estimate of drug-likeness (QED) is 0.847. The average Bonchev–Trinajstić information content (AvgIpc) is 2.47. The molecule has 2 aromatic rings.